The van der Waals surface area contributed by atoms with Crippen molar-refractivity contribution in [3.8, 4) is 0 Å². The van der Waals surface area contributed by atoms with Gasteiger partial charge in [0.2, 0.25) is 11.8 Å². The van der Waals surface area contributed by atoms with Crippen molar-refractivity contribution in [3.63, 3.8) is 0 Å². The van der Waals surface area contributed by atoms with Gasteiger partial charge in [-0.25, -0.2) is 8.42 Å². The summed E-state index contributed by atoms with van der Waals surface area (Å²) in [4.78, 5) is 29.0. The van der Waals surface area contributed by atoms with Crippen LogP contribution in [0.4, 0.5) is 18.9 Å². The van der Waals surface area contributed by atoms with Crippen molar-refractivity contribution >= 4 is 55.1 Å². The predicted molar refractivity (Wildman–Crippen MR) is 179 cm³/mol. The molecule has 47 heavy (non-hydrogen) atoms. The number of carbonyl (C=O) groups excluding carboxylic acids is 2. The van der Waals surface area contributed by atoms with Gasteiger partial charge in [-0.05, 0) is 67.4 Å². The molecule has 7 nitrogen and oxygen atoms in total. The zero-order valence-corrected chi connectivity index (χ0v) is 28.6. The Morgan fingerprint density at radius 1 is 0.915 bits per heavy atom. The van der Waals surface area contributed by atoms with E-state index in [1.165, 1.54) is 17.0 Å². The smallest absolute Gasteiger partial charge is 0.355 e. The molecule has 4 rings (SSSR count). The first-order chi connectivity index (χ1) is 22.2. The van der Waals surface area contributed by atoms with Gasteiger partial charge in [0, 0.05) is 24.0 Å². The summed E-state index contributed by atoms with van der Waals surface area (Å²) in [6.45, 7) is 2.75. The number of halogens is 5. The van der Waals surface area contributed by atoms with Gasteiger partial charge in [-0.3, -0.25) is 13.9 Å². The zero-order chi connectivity index (χ0) is 34.4. The van der Waals surface area contributed by atoms with E-state index >= 15 is 0 Å². The third-order valence-corrected chi connectivity index (χ3v) is 9.97. The van der Waals surface area contributed by atoms with Gasteiger partial charge >= 0.3 is 6.18 Å². The molecule has 0 aliphatic rings. The van der Waals surface area contributed by atoms with Gasteiger partial charge in [0.25, 0.3) is 10.0 Å². The molecular formula is C34H32BrClF3N3O4S. The van der Waals surface area contributed by atoms with Crippen molar-refractivity contribution in [3.05, 3.63) is 129 Å². The van der Waals surface area contributed by atoms with Crippen molar-refractivity contribution < 1.29 is 31.2 Å². The number of alkyl halides is 3. The third-order valence-electron chi connectivity index (χ3n) is 7.32. The molecule has 2 amide bonds. The number of nitrogens with zero attached hydrogens (tertiary/aromatic N) is 2. The summed E-state index contributed by atoms with van der Waals surface area (Å²) in [5, 5.41) is 2.13. The molecule has 4 aromatic rings. The SMILES string of the molecule is CCNC(=O)[C@H](Cc1ccccc1)N(Cc1ccc(Br)cc1)C(=O)CN(c1ccc(Cl)c(C(F)(F)F)c1)S(=O)(=O)c1ccc(C)cc1. The average molecular weight is 751 g/mol. The Bertz CT molecular complexity index is 1810. The van der Waals surface area contributed by atoms with E-state index < -0.39 is 56.9 Å². The number of nitrogens with one attached hydrogen (secondary N) is 1. The van der Waals surface area contributed by atoms with Gasteiger partial charge < -0.3 is 10.2 Å². The van der Waals surface area contributed by atoms with Gasteiger partial charge in [-0.2, -0.15) is 13.2 Å². The molecule has 0 unspecified atom stereocenters. The number of amides is 2. The highest BCUT2D eigenvalue weighted by Gasteiger charge is 2.37. The number of hydrogen-bond acceptors (Lipinski definition) is 4. The Hall–Kier alpha value is -3.87. The molecule has 0 saturated carbocycles. The second-order valence-corrected chi connectivity index (χ2v) is 13.9. The number of hydrogen-bond donors (Lipinski definition) is 1. The van der Waals surface area contributed by atoms with E-state index in [0.29, 0.717) is 15.9 Å². The lowest BCUT2D eigenvalue weighted by molar-refractivity contribution is -0.140. The summed E-state index contributed by atoms with van der Waals surface area (Å²) < 4.78 is 71.3. The minimum Gasteiger partial charge on any atom is -0.355 e. The lowest BCUT2D eigenvalue weighted by Gasteiger charge is -2.34. The van der Waals surface area contributed by atoms with Crippen LogP contribution < -0.4 is 9.62 Å². The Morgan fingerprint density at radius 3 is 2.15 bits per heavy atom. The third kappa shape index (κ3) is 9.15. The first-order valence-corrected chi connectivity index (χ1v) is 17.1. The maximum absolute atomic E-state index is 14.4. The van der Waals surface area contributed by atoms with Gasteiger partial charge in [-0.1, -0.05) is 87.7 Å². The molecule has 4 aromatic carbocycles. The van der Waals surface area contributed by atoms with Gasteiger partial charge in [-0.15, -0.1) is 0 Å². The van der Waals surface area contributed by atoms with E-state index in [9.17, 15) is 31.2 Å². The zero-order valence-electron chi connectivity index (χ0n) is 25.5. The summed E-state index contributed by atoms with van der Waals surface area (Å²) in [7, 11) is -4.60. The summed E-state index contributed by atoms with van der Waals surface area (Å²) in [5.41, 5.74) is 0.460. The quantitative estimate of drug-likeness (QED) is 0.164. The minimum atomic E-state index is -4.90. The van der Waals surface area contributed by atoms with Crippen LogP contribution in [0.2, 0.25) is 5.02 Å². The van der Waals surface area contributed by atoms with Crippen LogP contribution in [0.25, 0.3) is 0 Å². The second-order valence-electron chi connectivity index (χ2n) is 10.7. The normalized spacial score (nSPS) is 12.3. The average Bonchev–Trinajstić information content (AvgIpc) is 3.03. The molecule has 0 aliphatic carbocycles. The first-order valence-electron chi connectivity index (χ1n) is 14.5. The van der Waals surface area contributed by atoms with Gasteiger partial charge in [0.1, 0.15) is 12.6 Å². The summed E-state index contributed by atoms with van der Waals surface area (Å²) in [6.07, 6.45) is -4.80. The Morgan fingerprint density at radius 2 is 1.55 bits per heavy atom. The van der Waals surface area contributed by atoms with Gasteiger partial charge in [0.15, 0.2) is 0 Å². The molecule has 248 valence electrons. The molecule has 1 N–H and O–H groups in total. The highest BCUT2D eigenvalue weighted by Crippen LogP contribution is 2.38. The monoisotopic (exact) mass is 749 g/mol. The molecule has 0 heterocycles. The van der Waals surface area contributed by atoms with Crippen LogP contribution in [-0.4, -0.2) is 44.3 Å². The standard InChI is InChI=1S/C34H32BrClF3N3O4S/c1-3-40-33(44)31(19-24-7-5-4-6-8-24)41(21-25-11-13-26(35)14-12-25)32(43)22-42(47(45,46)28-16-9-23(2)10-17-28)27-15-18-30(36)29(20-27)34(37,38)39/h4-18,20,31H,3,19,21-22H2,1-2H3,(H,40,44)/t31-/m0/s1. The number of benzene rings is 4. The molecule has 0 fully saturated rings. The molecule has 0 aliphatic heterocycles. The van der Waals surface area contributed by atoms with E-state index in [1.54, 1.807) is 74.5 Å². The van der Waals surface area contributed by atoms with Crippen LogP contribution >= 0.6 is 27.5 Å². The largest absolute Gasteiger partial charge is 0.417 e. The van der Waals surface area contributed by atoms with Crippen LogP contribution in [0.15, 0.2) is 106 Å². The van der Waals surface area contributed by atoms with Crippen LogP contribution in [0.5, 0.6) is 0 Å². The highest BCUT2D eigenvalue weighted by atomic mass is 79.9. The molecule has 0 aromatic heterocycles. The number of likely N-dealkylation sites (N-methyl/N-ethyl adjacent to an activating group) is 1. The maximum Gasteiger partial charge on any atom is 0.417 e. The Kier molecular flexibility index (Phi) is 11.8. The lowest BCUT2D eigenvalue weighted by atomic mass is 10.0. The lowest BCUT2D eigenvalue weighted by Crippen LogP contribution is -2.53. The topological polar surface area (TPSA) is 86.8 Å². The minimum absolute atomic E-state index is 0.0897. The Labute approximate surface area is 285 Å². The molecule has 13 heteroatoms. The summed E-state index contributed by atoms with van der Waals surface area (Å²) >= 11 is 9.25. The first kappa shape index (κ1) is 36.0. The number of carbonyl (C=O) groups is 2. The van der Waals surface area contributed by atoms with Crippen LogP contribution in [0.3, 0.4) is 0 Å². The fourth-order valence-electron chi connectivity index (χ4n) is 4.88. The van der Waals surface area contributed by atoms with E-state index in [1.807, 2.05) is 6.07 Å². The number of rotatable bonds is 12. The number of aryl methyl sites for hydroxylation is 1. The Balaban J connectivity index is 1.85. The van der Waals surface area contributed by atoms with Crippen LogP contribution in [-0.2, 0) is 38.8 Å². The number of sulfonamides is 1. The summed E-state index contributed by atoms with van der Waals surface area (Å²) in [6, 6.07) is 23.3. The van der Waals surface area contributed by atoms with Crippen molar-refractivity contribution in [2.45, 2.75) is 43.9 Å². The van der Waals surface area contributed by atoms with Crippen LogP contribution in [0.1, 0.15) is 29.2 Å². The van der Waals surface area contributed by atoms with Crippen molar-refractivity contribution in [2.75, 3.05) is 17.4 Å². The van der Waals surface area contributed by atoms with Crippen molar-refractivity contribution in [1.82, 2.24) is 10.2 Å². The van der Waals surface area contributed by atoms with Crippen molar-refractivity contribution in [2.24, 2.45) is 0 Å². The molecule has 0 radical (unpaired) electrons. The van der Waals surface area contributed by atoms with E-state index in [2.05, 4.69) is 21.2 Å². The summed E-state index contributed by atoms with van der Waals surface area (Å²) in [5.74, 6) is -1.28. The maximum atomic E-state index is 14.4. The molecule has 1 atom stereocenters. The van der Waals surface area contributed by atoms with E-state index in [0.717, 1.165) is 27.7 Å². The fraction of sp³-hybridized carbons (Fsp3) is 0.235. The number of anilines is 1. The van der Waals surface area contributed by atoms with E-state index in [-0.39, 0.29) is 24.4 Å². The predicted octanol–water partition coefficient (Wildman–Crippen LogP) is 7.40. The molecule has 0 spiro atoms. The molecule has 0 bridgehead atoms. The molecule has 0 saturated heterocycles. The van der Waals surface area contributed by atoms with E-state index in [4.69, 9.17) is 11.6 Å². The molecular weight excluding hydrogens is 719 g/mol. The van der Waals surface area contributed by atoms with Crippen molar-refractivity contribution in [1.29, 1.82) is 0 Å². The fourth-order valence-corrected chi connectivity index (χ4v) is 6.78. The van der Waals surface area contributed by atoms with Crippen LogP contribution in [0, 0.1) is 6.92 Å². The second kappa shape index (κ2) is 15.4. The van der Waals surface area contributed by atoms with Gasteiger partial charge in [0.05, 0.1) is 21.2 Å². The highest BCUT2D eigenvalue weighted by molar-refractivity contribution is 9.10.